The first-order valence-corrected chi connectivity index (χ1v) is 10.6. The molecule has 2 heterocycles. The van der Waals surface area contributed by atoms with Gasteiger partial charge in [0.2, 0.25) is 10.0 Å². The Morgan fingerprint density at radius 2 is 2.16 bits per heavy atom. The molecule has 0 amide bonds. The molecule has 1 N–H and O–H groups in total. The van der Waals surface area contributed by atoms with Gasteiger partial charge in [0.15, 0.2) is 0 Å². The van der Waals surface area contributed by atoms with Crippen LogP contribution in [0.5, 0.6) is 0 Å². The lowest BCUT2D eigenvalue weighted by Crippen LogP contribution is -2.48. The molecule has 1 fully saturated rings. The zero-order chi connectivity index (χ0) is 18.2. The summed E-state index contributed by atoms with van der Waals surface area (Å²) in [4.78, 5) is 10.7. The minimum atomic E-state index is -3.23. The average molecular weight is 431 g/mol. The summed E-state index contributed by atoms with van der Waals surface area (Å²) in [5, 5.41) is 0.774. The third kappa shape index (κ3) is 4.27. The fraction of sp³-hybridized carbons (Fsp3) is 0.500. The van der Waals surface area contributed by atoms with Crippen LogP contribution in [0.25, 0.3) is 10.9 Å². The third-order valence-corrected chi connectivity index (χ3v) is 5.77. The van der Waals surface area contributed by atoms with Crippen molar-refractivity contribution in [3.8, 4) is 0 Å². The SMILES string of the molecule is CC1(CNS(C)(=O)=O)CCCN(c2ncnc3cc(F)c(Br)cc23)C1. The lowest BCUT2D eigenvalue weighted by molar-refractivity contribution is 0.262. The molecule has 1 aromatic carbocycles. The first kappa shape index (κ1) is 18.5. The van der Waals surface area contributed by atoms with Gasteiger partial charge >= 0.3 is 0 Å². The highest BCUT2D eigenvalue weighted by atomic mass is 79.9. The van der Waals surface area contributed by atoms with Crippen molar-refractivity contribution >= 4 is 42.7 Å². The predicted molar refractivity (Wildman–Crippen MR) is 99.6 cm³/mol. The molecule has 1 saturated heterocycles. The molecule has 1 unspecified atom stereocenters. The monoisotopic (exact) mass is 430 g/mol. The molecule has 1 atom stereocenters. The number of fused-ring (bicyclic) bond motifs is 1. The van der Waals surface area contributed by atoms with E-state index in [9.17, 15) is 12.8 Å². The fourth-order valence-corrected chi connectivity index (χ4v) is 4.19. The molecule has 25 heavy (non-hydrogen) atoms. The second-order valence-electron chi connectivity index (χ2n) is 6.91. The van der Waals surface area contributed by atoms with Gasteiger partial charge in [-0.05, 0) is 40.3 Å². The van der Waals surface area contributed by atoms with E-state index in [1.165, 1.54) is 18.6 Å². The molecule has 0 bridgehead atoms. The Balaban J connectivity index is 1.91. The second-order valence-corrected chi connectivity index (χ2v) is 9.60. The van der Waals surface area contributed by atoms with Crippen molar-refractivity contribution in [2.24, 2.45) is 5.41 Å². The van der Waals surface area contributed by atoms with Crippen LogP contribution in [0.1, 0.15) is 19.8 Å². The van der Waals surface area contributed by atoms with E-state index in [4.69, 9.17) is 0 Å². The standard InChI is InChI=1S/C16H20BrFN4O2S/c1-16(8-21-25(2,23)24)4-3-5-22(9-16)15-11-6-12(17)13(18)7-14(11)19-10-20-15/h6-7,10,21H,3-5,8-9H2,1-2H3. The smallest absolute Gasteiger partial charge is 0.208 e. The zero-order valence-electron chi connectivity index (χ0n) is 14.1. The van der Waals surface area contributed by atoms with E-state index in [1.807, 2.05) is 0 Å². The van der Waals surface area contributed by atoms with Crippen LogP contribution in [0.15, 0.2) is 22.9 Å². The zero-order valence-corrected chi connectivity index (χ0v) is 16.5. The van der Waals surface area contributed by atoms with Crippen LogP contribution < -0.4 is 9.62 Å². The van der Waals surface area contributed by atoms with E-state index in [0.29, 0.717) is 23.1 Å². The summed E-state index contributed by atoms with van der Waals surface area (Å²) in [5.74, 6) is 0.383. The first-order chi connectivity index (χ1) is 11.7. The van der Waals surface area contributed by atoms with Crippen LogP contribution in [-0.2, 0) is 10.0 Å². The molecule has 1 aromatic heterocycles. The lowest BCUT2D eigenvalue weighted by Gasteiger charge is -2.41. The van der Waals surface area contributed by atoms with Crippen molar-refractivity contribution < 1.29 is 12.8 Å². The number of rotatable bonds is 4. The van der Waals surface area contributed by atoms with Gasteiger partial charge in [0.05, 0.1) is 16.2 Å². The second kappa shape index (κ2) is 6.77. The Morgan fingerprint density at radius 3 is 2.88 bits per heavy atom. The van der Waals surface area contributed by atoms with Gasteiger partial charge in [-0.25, -0.2) is 27.5 Å². The highest BCUT2D eigenvalue weighted by Gasteiger charge is 2.33. The summed E-state index contributed by atoms with van der Waals surface area (Å²) in [5.41, 5.74) is 0.350. The lowest BCUT2D eigenvalue weighted by atomic mass is 9.82. The minimum absolute atomic E-state index is 0.199. The summed E-state index contributed by atoms with van der Waals surface area (Å²) < 4.78 is 39.6. The number of piperidine rings is 1. The quantitative estimate of drug-likeness (QED) is 0.806. The molecule has 2 aromatic rings. The highest BCUT2D eigenvalue weighted by Crippen LogP contribution is 2.34. The number of sulfonamides is 1. The van der Waals surface area contributed by atoms with Gasteiger partial charge in [0.1, 0.15) is 18.0 Å². The summed E-state index contributed by atoms with van der Waals surface area (Å²) in [6.45, 7) is 3.92. The van der Waals surface area contributed by atoms with Crippen LogP contribution in [0.3, 0.4) is 0 Å². The maximum atomic E-state index is 13.8. The summed E-state index contributed by atoms with van der Waals surface area (Å²) >= 11 is 3.22. The molecule has 136 valence electrons. The number of hydrogen-bond acceptors (Lipinski definition) is 5. The number of nitrogens with one attached hydrogen (secondary N) is 1. The molecule has 0 spiro atoms. The number of anilines is 1. The van der Waals surface area contributed by atoms with Crippen molar-refractivity contribution in [3.05, 3.63) is 28.7 Å². The number of aromatic nitrogens is 2. The van der Waals surface area contributed by atoms with E-state index >= 15 is 0 Å². The van der Waals surface area contributed by atoms with E-state index in [0.717, 1.165) is 30.6 Å². The van der Waals surface area contributed by atoms with Gasteiger partial charge in [-0.2, -0.15) is 0 Å². The van der Waals surface area contributed by atoms with E-state index in [2.05, 4.69) is 42.4 Å². The molecule has 0 aliphatic carbocycles. The van der Waals surface area contributed by atoms with E-state index in [-0.39, 0.29) is 11.2 Å². The largest absolute Gasteiger partial charge is 0.355 e. The Bertz CT molecular complexity index is 908. The molecule has 1 aliphatic rings. The van der Waals surface area contributed by atoms with Crippen LogP contribution in [0.2, 0.25) is 0 Å². The molecule has 1 aliphatic heterocycles. The Morgan fingerprint density at radius 1 is 1.40 bits per heavy atom. The van der Waals surface area contributed by atoms with E-state index in [1.54, 1.807) is 6.07 Å². The molecule has 0 radical (unpaired) electrons. The van der Waals surface area contributed by atoms with Crippen molar-refractivity contribution in [1.82, 2.24) is 14.7 Å². The number of nitrogens with zero attached hydrogens (tertiary/aromatic N) is 3. The maximum Gasteiger partial charge on any atom is 0.208 e. The van der Waals surface area contributed by atoms with Gasteiger partial charge in [0.25, 0.3) is 0 Å². The van der Waals surface area contributed by atoms with Crippen molar-refractivity contribution in [2.75, 3.05) is 30.8 Å². The molecule has 3 rings (SSSR count). The van der Waals surface area contributed by atoms with Crippen LogP contribution >= 0.6 is 15.9 Å². The normalized spacial score (nSPS) is 21.7. The highest BCUT2D eigenvalue weighted by molar-refractivity contribution is 9.10. The number of benzene rings is 1. The Kier molecular flexibility index (Phi) is 5.00. The van der Waals surface area contributed by atoms with Gasteiger partial charge in [-0.15, -0.1) is 0 Å². The van der Waals surface area contributed by atoms with Gasteiger partial charge in [-0.1, -0.05) is 6.92 Å². The van der Waals surface area contributed by atoms with Crippen molar-refractivity contribution in [1.29, 1.82) is 0 Å². The summed E-state index contributed by atoms with van der Waals surface area (Å²) in [6.07, 6.45) is 4.45. The topological polar surface area (TPSA) is 75.2 Å². The van der Waals surface area contributed by atoms with Crippen LogP contribution in [-0.4, -0.2) is 44.3 Å². The van der Waals surface area contributed by atoms with Gasteiger partial charge < -0.3 is 4.90 Å². The predicted octanol–water partition coefficient (Wildman–Crippen LogP) is 2.69. The Hall–Kier alpha value is -1.32. The van der Waals surface area contributed by atoms with Crippen LogP contribution in [0.4, 0.5) is 10.2 Å². The Labute approximate surface area is 155 Å². The number of halogens is 2. The summed E-state index contributed by atoms with van der Waals surface area (Å²) in [6, 6.07) is 3.08. The minimum Gasteiger partial charge on any atom is -0.355 e. The molecule has 9 heteroatoms. The van der Waals surface area contributed by atoms with Crippen molar-refractivity contribution in [3.63, 3.8) is 0 Å². The van der Waals surface area contributed by atoms with Gasteiger partial charge in [0, 0.05) is 31.1 Å². The molecular weight excluding hydrogens is 411 g/mol. The number of hydrogen-bond donors (Lipinski definition) is 1. The third-order valence-electron chi connectivity index (χ3n) is 4.50. The van der Waals surface area contributed by atoms with Crippen LogP contribution in [0, 0.1) is 11.2 Å². The molecule has 0 saturated carbocycles. The maximum absolute atomic E-state index is 13.8. The van der Waals surface area contributed by atoms with Crippen molar-refractivity contribution in [2.45, 2.75) is 19.8 Å². The molecule has 6 nitrogen and oxygen atoms in total. The fourth-order valence-electron chi connectivity index (χ4n) is 3.24. The van der Waals surface area contributed by atoms with E-state index < -0.39 is 10.0 Å². The summed E-state index contributed by atoms with van der Waals surface area (Å²) in [7, 11) is -3.23. The first-order valence-electron chi connectivity index (χ1n) is 7.96. The van der Waals surface area contributed by atoms with Gasteiger partial charge in [-0.3, -0.25) is 0 Å². The average Bonchev–Trinajstić information content (AvgIpc) is 2.53. The molecular formula is C16H20BrFN4O2S.